The van der Waals surface area contributed by atoms with Crippen LogP contribution in [-0.4, -0.2) is 5.78 Å². The van der Waals surface area contributed by atoms with E-state index < -0.39 is 0 Å². The van der Waals surface area contributed by atoms with Gasteiger partial charge in [0.1, 0.15) is 5.78 Å². The van der Waals surface area contributed by atoms with Gasteiger partial charge in [-0.15, -0.1) is 0 Å². The Labute approximate surface area is 118 Å². The van der Waals surface area contributed by atoms with Crippen LogP contribution in [0.3, 0.4) is 0 Å². The summed E-state index contributed by atoms with van der Waals surface area (Å²) in [7, 11) is 0. The standard InChI is InChI=1S/C18H30O/c1-5-16(2)10-11-17(3)13(12-16)8-9-18(4)14(17)6-7-15(18)19/h13-14H,5-12H2,1-4H3/t13-,14+,16+,17-,18+/m1/s1. The lowest BCUT2D eigenvalue weighted by atomic mass is 9.46. The van der Waals surface area contributed by atoms with Crippen LogP contribution < -0.4 is 0 Å². The predicted molar refractivity (Wildman–Crippen MR) is 78.9 cm³/mol. The molecule has 3 aliphatic carbocycles. The van der Waals surface area contributed by atoms with E-state index in [1.165, 1.54) is 38.5 Å². The minimum Gasteiger partial charge on any atom is -0.299 e. The van der Waals surface area contributed by atoms with Gasteiger partial charge in [-0.25, -0.2) is 0 Å². The van der Waals surface area contributed by atoms with Crippen molar-refractivity contribution in [2.75, 3.05) is 0 Å². The molecule has 0 aromatic rings. The molecule has 3 rings (SSSR count). The highest BCUT2D eigenvalue weighted by molar-refractivity contribution is 5.87. The van der Waals surface area contributed by atoms with E-state index in [1.807, 2.05) is 0 Å². The van der Waals surface area contributed by atoms with Crippen LogP contribution in [0.15, 0.2) is 0 Å². The van der Waals surface area contributed by atoms with Gasteiger partial charge in [-0.05, 0) is 61.2 Å². The number of hydrogen-bond acceptors (Lipinski definition) is 1. The molecule has 19 heavy (non-hydrogen) atoms. The molecular weight excluding hydrogens is 232 g/mol. The molecule has 0 aliphatic heterocycles. The summed E-state index contributed by atoms with van der Waals surface area (Å²) < 4.78 is 0. The molecule has 0 radical (unpaired) electrons. The van der Waals surface area contributed by atoms with E-state index in [0.717, 1.165) is 18.8 Å². The number of carbonyl (C=O) groups is 1. The van der Waals surface area contributed by atoms with E-state index in [0.29, 0.717) is 22.5 Å². The highest BCUT2D eigenvalue weighted by Gasteiger charge is 2.60. The summed E-state index contributed by atoms with van der Waals surface area (Å²) in [4.78, 5) is 12.3. The van der Waals surface area contributed by atoms with Crippen LogP contribution in [0.4, 0.5) is 0 Å². The molecule has 0 aromatic heterocycles. The number of hydrogen-bond donors (Lipinski definition) is 0. The summed E-state index contributed by atoms with van der Waals surface area (Å²) >= 11 is 0. The maximum atomic E-state index is 12.3. The minimum absolute atomic E-state index is 0.0329. The van der Waals surface area contributed by atoms with E-state index in [2.05, 4.69) is 27.7 Å². The third-order valence-corrected chi connectivity index (χ3v) is 7.67. The molecule has 0 amide bonds. The van der Waals surface area contributed by atoms with Crippen molar-refractivity contribution >= 4 is 5.78 Å². The molecule has 0 saturated heterocycles. The molecule has 0 spiro atoms. The number of rotatable bonds is 1. The second-order valence-corrected chi connectivity index (χ2v) is 8.54. The Morgan fingerprint density at radius 1 is 1.11 bits per heavy atom. The second kappa shape index (κ2) is 4.09. The second-order valence-electron chi connectivity index (χ2n) is 8.54. The number of fused-ring (bicyclic) bond motifs is 3. The van der Waals surface area contributed by atoms with E-state index in [4.69, 9.17) is 0 Å². The maximum absolute atomic E-state index is 12.3. The van der Waals surface area contributed by atoms with Crippen molar-refractivity contribution in [3.63, 3.8) is 0 Å². The molecule has 0 unspecified atom stereocenters. The Bertz CT molecular complexity index is 400. The first kappa shape index (κ1) is 13.6. The van der Waals surface area contributed by atoms with Gasteiger partial charge in [0.25, 0.3) is 0 Å². The highest BCUT2D eigenvalue weighted by atomic mass is 16.1. The molecule has 108 valence electrons. The molecule has 0 heterocycles. The summed E-state index contributed by atoms with van der Waals surface area (Å²) in [5.41, 5.74) is 1.06. The van der Waals surface area contributed by atoms with Crippen LogP contribution >= 0.6 is 0 Å². The van der Waals surface area contributed by atoms with Crippen LogP contribution in [0.2, 0.25) is 0 Å². The average Bonchev–Trinajstić information content (AvgIpc) is 2.69. The largest absolute Gasteiger partial charge is 0.299 e. The Balaban J connectivity index is 1.90. The van der Waals surface area contributed by atoms with Gasteiger partial charge in [0, 0.05) is 11.8 Å². The lowest BCUT2D eigenvalue weighted by Gasteiger charge is -2.58. The number of carbonyl (C=O) groups excluding carboxylic acids is 1. The van der Waals surface area contributed by atoms with Gasteiger partial charge in [-0.3, -0.25) is 4.79 Å². The molecule has 1 nitrogen and oxygen atoms in total. The first-order chi connectivity index (χ1) is 8.84. The summed E-state index contributed by atoms with van der Waals surface area (Å²) in [6, 6.07) is 0. The van der Waals surface area contributed by atoms with Crippen molar-refractivity contribution in [3.05, 3.63) is 0 Å². The van der Waals surface area contributed by atoms with Gasteiger partial charge in [0.2, 0.25) is 0 Å². The van der Waals surface area contributed by atoms with Crippen molar-refractivity contribution in [1.82, 2.24) is 0 Å². The lowest BCUT2D eigenvalue weighted by molar-refractivity contribution is -0.139. The fraction of sp³-hybridized carbons (Fsp3) is 0.944. The van der Waals surface area contributed by atoms with Crippen LogP contribution in [-0.2, 0) is 4.79 Å². The van der Waals surface area contributed by atoms with Gasteiger partial charge < -0.3 is 0 Å². The molecule has 5 atom stereocenters. The van der Waals surface area contributed by atoms with E-state index in [1.54, 1.807) is 0 Å². The number of ketones is 1. The fourth-order valence-electron chi connectivity index (χ4n) is 5.84. The predicted octanol–water partition coefficient (Wildman–Crippen LogP) is 4.99. The van der Waals surface area contributed by atoms with Crippen molar-refractivity contribution in [1.29, 1.82) is 0 Å². The van der Waals surface area contributed by atoms with Gasteiger partial charge in [-0.2, -0.15) is 0 Å². The normalized spacial score (nSPS) is 53.8. The summed E-state index contributed by atoms with van der Waals surface area (Å²) in [6.45, 7) is 9.64. The summed E-state index contributed by atoms with van der Waals surface area (Å²) in [6.07, 6.45) is 9.94. The zero-order valence-corrected chi connectivity index (χ0v) is 13.2. The minimum atomic E-state index is 0.0329. The van der Waals surface area contributed by atoms with Crippen molar-refractivity contribution in [2.45, 2.75) is 79.1 Å². The maximum Gasteiger partial charge on any atom is 0.139 e. The lowest BCUT2D eigenvalue weighted by Crippen LogP contribution is -2.52. The molecule has 3 fully saturated rings. The first-order valence-corrected chi connectivity index (χ1v) is 8.37. The van der Waals surface area contributed by atoms with Crippen molar-refractivity contribution < 1.29 is 4.79 Å². The molecule has 1 heteroatoms. The molecule has 0 aromatic carbocycles. The van der Waals surface area contributed by atoms with Crippen molar-refractivity contribution in [2.24, 2.45) is 28.1 Å². The van der Waals surface area contributed by atoms with Crippen LogP contribution in [0.1, 0.15) is 79.1 Å². The summed E-state index contributed by atoms with van der Waals surface area (Å²) in [5, 5.41) is 0. The van der Waals surface area contributed by atoms with E-state index in [9.17, 15) is 4.79 Å². The molecular formula is C18H30O. The highest BCUT2D eigenvalue weighted by Crippen LogP contribution is 2.66. The van der Waals surface area contributed by atoms with E-state index in [-0.39, 0.29) is 5.41 Å². The Morgan fingerprint density at radius 3 is 2.53 bits per heavy atom. The molecule has 0 bridgehead atoms. The van der Waals surface area contributed by atoms with Crippen LogP contribution in [0.25, 0.3) is 0 Å². The summed E-state index contributed by atoms with van der Waals surface area (Å²) in [5.74, 6) is 2.11. The Kier molecular flexibility index (Phi) is 2.93. The number of Topliss-reactive ketones (excluding diaryl/α,β-unsaturated/α-hetero) is 1. The van der Waals surface area contributed by atoms with Gasteiger partial charge in [0.05, 0.1) is 0 Å². The first-order valence-electron chi connectivity index (χ1n) is 8.37. The quantitative estimate of drug-likeness (QED) is 0.650. The molecule has 3 saturated carbocycles. The third kappa shape index (κ3) is 1.76. The fourth-order valence-corrected chi connectivity index (χ4v) is 5.84. The smallest absolute Gasteiger partial charge is 0.139 e. The topological polar surface area (TPSA) is 17.1 Å². The van der Waals surface area contributed by atoms with Gasteiger partial charge in [0.15, 0.2) is 0 Å². The third-order valence-electron chi connectivity index (χ3n) is 7.67. The zero-order valence-electron chi connectivity index (χ0n) is 13.2. The average molecular weight is 262 g/mol. The van der Waals surface area contributed by atoms with E-state index >= 15 is 0 Å². The van der Waals surface area contributed by atoms with Gasteiger partial charge >= 0.3 is 0 Å². The van der Waals surface area contributed by atoms with Gasteiger partial charge in [-0.1, -0.05) is 34.1 Å². The Hall–Kier alpha value is -0.330. The zero-order chi connectivity index (χ0) is 13.9. The van der Waals surface area contributed by atoms with Crippen LogP contribution in [0.5, 0.6) is 0 Å². The monoisotopic (exact) mass is 262 g/mol. The Morgan fingerprint density at radius 2 is 1.84 bits per heavy atom. The van der Waals surface area contributed by atoms with Crippen molar-refractivity contribution in [3.8, 4) is 0 Å². The molecule has 3 aliphatic rings. The SMILES string of the molecule is CC[C@@]1(C)CC[C@]2(C)[C@H](CC[C@]3(C)C(=O)CC[C@@H]23)C1. The molecule has 0 N–H and O–H groups in total. The van der Waals surface area contributed by atoms with Crippen LogP contribution in [0, 0.1) is 28.1 Å².